The first-order chi connectivity index (χ1) is 12.3. The quantitative estimate of drug-likeness (QED) is 0.325. The summed E-state index contributed by atoms with van der Waals surface area (Å²) in [6.45, 7) is 5.66. The molecule has 0 aromatic rings. The lowest BCUT2D eigenvalue weighted by Crippen LogP contribution is -2.28. The van der Waals surface area contributed by atoms with E-state index in [0.29, 0.717) is 6.10 Å². The summed E-state index contributed by atoms with van der Waals surface area (Å²) >= 11 is 0. The van der Waals surface area contributed by atoms with Crippen molar-refractivity contribution in [3.8, 4) is 0 Å². The highest BCUT2D eigenvalue weighted by Gasteiger charge is 2.30. The van der Waals surface area contributed by atoms with E-state index in [1.54, 1.807) is 0 Å². The van der Waals surface area contributed by atoms with Gasteiger partial charge in [0.1, 0.15) is 0 Å². The molecular formula is C24H46O. The zero-order valence-corrected chi connectivity index (χ0v) is 17.4. The molecule has 0 aromatic carbocycles. The molecule has 0 radical (unpaired) electrons. The van der Waals surface area contributed by atoms with Crippen molar-refractivity contribution in [1.82, 2.24) is 0 Å². The predicted octanol–water partition coefficient (Wildman–Crippen LogP) is 7.92. The van der Waals surface area contributed by atoms with Crippen LogP contribution >= 0.6 is 0 Å². The van der Waals surface area contributed by atoms with Crippen LogP contribution in [0.4, 0.5) is 0 Å². The summed E-state index contributed by atoms with van der Waals surface area (Å²) in [5, 5.41) is 0. The molecule has 148 valence electrons. The van der Waals surface area contributed by atoms with E-state index >= 15 is 0 Å². The smallest absolute Gasteiger partial charge is 0.0575 e. The molecule has 0 unspecified atom stereocenters. The zero-order chi connectivity index (χ0) is 17.7. The van der Waals surface area contributed by atoms with Gasteiger partial charge in [-0.05, 0) is 62.7 Å². The Hall–Kier alpha value is -0.0400. The zero-order valence-electron chi connectivity index (χ0n) is 17.4. The van der Waals surface area contributed by atoms with E-state index in [9.17, 15) is 0 Å². The second kappa shape index (κ2) is 13.2. The average Bonchev–Trinajstić information content (AvgIpc) is 2.65. The van der Waals surface area contributed by atoms with E-state index in [0.717, 1.165) is 24.4 Å². The van der Waals surface area contributed by atoms with Gasteiger partial charge in [0.25, 0.3) is 0 Å². The third-order valence-electron chi connectivity index (χ3n) is 7.08. The van der Waals surface area contributed by atoms with Crippen molar-refractivity contribution in [2.45, 2.75) is 129 Å². The Labute approximate surface area is 158 Å². The molecule has 0 bridgehead atoms. The maximum absolute atomic E-state index is 6.20. The van der Waals surface area contributed by atoms with E-state index in [1.165, 1.54) is 109 Å². The fourth-order valence-corrected chi connectivity index (χ4v) is 5.39. The van der Waals surface area contributed by atoms with Crippen LogP contribution in [0.3, 0.4) is 0 Å². The molecule has 25 heavy (non-hydrogen) atoms. The van der Waals surface area contributed by atoms with Crippen molar-refractivity contribution >= 4 is 0 Å². The minimum atomic E-state index is 0.591. The van der Waals surface area contributed by atoms with E-state index in [2.05, 4.69) is 13.8 Å². The Morgan fingerprint density at radius 3 is 1.76 bits per heavy atom. The molecule has 0 aliphatic heterocycles. The van der Waals surface area contributed by atoms with Crippen LogP contribution in [0.15, 0.2) is 0 Å². The largest absolute Gasteiger partial charge is 0.378 e. The lowest BCUT2D eigenvalue weighted by Gasteiger charge is -2.37. The lowest BCUT2D eigenvalue weighted by molar-refractivity contribution is 0.00529. The van der Waals surface area contributed by atoms with Crippen molar-refractivity contribution in [3.63, 3.8) is 0 Å². The van der Waals surface area contributed by atoms with Crippen LogP contribution in [0.1, 0.15) is 123 Å². The van der Waals surface area contributed by atoms with Crippen molar-refractivity contribution in [3.05, 3.63) is 0 Å². The van der Waals surface area contributed by atoms with Crippen LogP contribution in [-0.2, 0) is 4.74 Å². The highest BCUT2D eigenvalue weighted by molar-refractivity contribution is 4.82. The first-order valence-electron chi connectivity index (χ1n) is 11.9. The Morgan fingerprint density at radius 1 is 0.600 bits per heavy atom. The monoisotopic (exact) mass is 350 g/mol. The van der Waals surface area contributed by atoms with Crippen LogP contribution in [-0.4, -0.2) is 12.7 Å². The normalized spacial score (nSPS) is 30.5. The van der Waals surface area contributed by atoms with E-state index in [4.69, 9.17) is 4.74 Å². The first kappa shape index (κ1) is 21.3. The second-order valence-electron chi connectivity index (χ2n) is 9.10. The van der Waals surface area contributed by atoms with Gasteiger partial charge in [0.15, 0.2) is 0 Å². The fraction of sp³-hybridized carbons (Fsp3) is 1.00. The van der Waals surface area contributed by atoms with Crippen LogP contribution in [0, 0.1) is 17.8 Å². The third kappa shape index (κ3) is 8.46. The molecule has 0 N–H and O–H groups in total. The van der Waals surface area contributed by atoms with Gasteiger partial charge in [0, 0.05) is 6.61 Å². The van der Waals surface area contributed by atoms with Gasteiger partial charge in [-0.1, -0.05) is 78.1 Å². The summed E-state index contributed by atoms with van der Waals surface area (Å²) in [7, 11) is 0. The summed E-state index contributed by atoms with van der Waals surface area (Å²) in [4.78, 5) is 0. The summed E-state index contributed by atoms with van der Waals surface area (Å²) in [6.07, 6.45) is 24.8. The fourth-order valence-electron chi connectivity index (χ4n) is 5.39. The Kier molecular flexibility index (Phi) is 11.2. The third-order valence-corrected chi connectivity index (χ3v) is 7.08. The van der Waals surface area contributed by atoms with Gasteiger partial charge in [-0.15, -0.1) is 0 Å². The molecule has 1 nitrogen and oxygen atoms in total. The van der Waals surface area contributed by atoms with Crippen molar-refractivity contribution in [2.24, 2.45) is 17.8 Å². The van der Waals surface area contributed by atoms with Crippen LogP contribution in [0.5, 0.6) is 0 Å². The predicted molar refractivity (Wildman–Crippen MR) is 110 cm³/mol. The highest BCUT2D eigenvalue weighted by Crippen LogP contribution is 2.41. The summed E-state index contributed by atoms with van der Waals surface area (Å²) < 4.78 is 6.20. The van der Waals surface area contributed by atoms with Gasteiger partial charge in [-0.25, -0.2) is 0 Å². The molecule has 2 aliphatic rings. The number of ether oxygens (including phenoxy) is 1. The van der Waals surface area contributed by atoms with Gasteiger partial charge in [0.05, 0.1) is 6.10 Å². The Balaban J connectivity index is 1.46. The minimum absolute atomic E-state index is 0.591. The van der Waals surface area contributed by atoms with Crippen LogP contribution < -0.4 is 0 Å². The van der Waals surface area contributed by atoms with Gasteiger partial charge in [-0.2, -0.15) is 0 Å². The van der Waals surface area contributed by atoms with Crippen LogP contribution in [0.25, 0.3) is 0 Å². The van der Waals surface area contributed by atoms with Crippen LogP contribution in [0.2, 0.25) is 0 Å². The topological polar surface area (TPSA) is 9.23 Å². The first-order valence-corrected chi connectivity index (χ1v) is 11.9. The molecule has 0 spiro atoms. The van der Waals surface area contributed by atoms with E-state index in [1.807, 2.05) is 0 Å². The Bertz CT molecular complexity index is 297. The number of hydrogen-bond donors (Lipinski definition) is 0. The molecule has 2 saturated carbocycles. The molecule has 1 heteroatoms. The standard InChI is InChI=1S/C24H46O/c1-3-5-6-7-8-9-10-20-25-24-18-16-23(17-19-24)22-14-12-21(11-4-2)13-15-22/h21-24H,3-20H2,1-2H3/t21?,22?,23-,24-. The van der Waals surface area contributed by atoms with Gasteiger partial charge in [0.2, 0.25) is 0 Å². The average molecular weight is 351 g/mol. The number of unbranched alkanes of at least 4 members (excludes halogenated alkanes) is 6. The number of rotatable bonds is 12. The summed E-state index contributed by atoms with van der Waals surface area (Å²) in [5.41, 5.74) is 0. The van der Waals surface area contributed by atoms with Gasteiger partial charge in [-0.3, -0.25) is 0 Å². The van der Waals surface area contributed by atoms with Crippen molar-refractivity contribution < 1.29 is 4.74 Å². The molecule has 2 fully saturated rings. The van der Waals surface area contributed by atoms with E-state index in [-0.39, 0.29) is 0 Å². The maximum Gasteiger partial charge on any atom is 0.0575 e. The summed E-state index contributed by atoms with van der Waals surface area (Å²) in [5.74, 6) is 3.14. The molecule has 2 rings (SSSR count). The van der Waals surface area contributed by atoms with Crippen molar-refractivity contribution in [2.75, 3.05) is 6.61 Å². The molecule has 0 atom stereocenters. The molecule has 2 aliphatic carbocycles. The molecule has 0 saturated heterocycles. The SMILES string of the molecule is CCCCCCCCCO[C@H]1CC[C@H](C2CCC(CCC)CC2)CC1. The summed E-state index contributed by atoms with van der Waals surface area (Å²) in [6, 6.07) is 0. The van der Waals surface area contributed by atoms with Gasteiger partial charge >= 0.3 is 0 Å². The molecular weight excluding hydrogens is 304 g/mol. The molecule has 0 aromatic heterocycles. The lowest BCUT2D eigenvalue weighted by atomic mass is 9.70. The number of hydrogen-bond acceptors (Lipinski definition) is 1. The second-order valence-corrected chi connectivity index (χ2v) is 9.10. The van der Waals surface area contributed by atoms with Gasteiger partial charge < -0.3 is 4.74 Å². The van der Waals surface area contributed by atoms with E-state index < -0.39 is 0 Å². The molecule has 0 heterocycles. The minimum Gasteiger partial charge on any atom is -0.378 e. The maximum atomic E-state index is 6.20. The van der Waals surface area contributed by atoms with Crippen molar-refractivity contribution in [1.29, 1.82) is 0 Å². The Morgan fingerprint density at radius 2 is 1.16 bits per heavy atom. The molecule has 0 amide bonds. The highest BCUT2D eigenvalue weighted by atomic mass is 16.5.